The maximum Gasteiger partial charge on any atom is 0.246 e. The van der Waals surface area contributed by atoms with Gasteiger partial charge in [0.25, 0.3) is 0 Å². The zero-order chi connectivity index (χ0) is 15.0. The van der Waals surface area contributed by atoms with Gasteiger partial charge in [0.2, 0.25) is 5.91 Å². The number of hydrogen-bond acceptors (Lipinski definition) is 3. The predicted molar refractivity (Wildman–Crippen MR) is 86.7 cm³/mol. The van der Waals surface area contributed by atoms with Crippen LogP contribution in [0.1, 0.15) is 44.7 Å². The molecule has 4 nitrogen and oxygen atoms in total. The molecule has 2 heterocycles. The molecule has 0 spiro atoms. The van der Waals surface area contributed by atoms with E-state index in [9.17, 15) is 4.79 Å². The number of carbonyl (C=O) groups excluding carboxylic acids is 1. The molecule has 0 aliphatic carbocycles. The first kappa shape index (κ1) is 14.4. The number of hydrogen-bond donors (Lipinski definition) is 2. The van der Waals surface area contributed by atoms with E-state index in [4.69, 9.17) is 0 Å². The fourth-order valence-corrected chi connectivity index (χ4v) is 3.39. The molecule has 0 radical (unpaired) electrons. The normalized spacial score (nSPS) is 23.9. The van der Waals surface area contributed by atoms with Gasteiger partial charge in [-0.25, -0.2) is 0 Å². The molecule has 4 heteroatoms. The van der Waals surface area contributed by atoms with Crippen LogP contribution in [0.25, 0.3) is 0 Å². The molecule has 1 fully saturated rings. The molecule has 1 aromatic carbocycles. The van der Waals surface area contributed by atoms with E-state index in [-0.39, 0.29) is 11.9 Å². The molecular weight excluding hydrogens is 262 g/mol. The first-order valence-electron chi connectivity index (χ1n) is 7.93. The molecule has 21 heavy (non-hydrogen) atoms. The highest BCUT2D eigenvalue weighted by Crippen LogP contribution is 2.38. The number of anilines is 2. The number of amides is 1. The highest BCUT2D eigenvalue weighted by Gasteiger charge is 2.31. The third-order valence-electron chi connectivity index (χ3n) is 5.35. The third-order valence-corrected chi connectivity index (χ3v) is 5.35. The van der Waals surface area contributed by atoms with E-state index in [0.29, 0.717) is 5.41 Å². The Labute approximate surface area is 126 Å². The SMILES string of the molecule is CCC1(C)CCN(c2ccc3c(c2)NC(=O)C3NC)CC1. The Morgan fingerprint density at radius 3 is 2.71 bits per heavy atom. The van der Waals surface area contributed by atoms with E-state index in [1.807, 2.05) is 7.05 Å². The van der Waals surface area contributed by atoms with Gasteiger partial charge in [-0.2, -0.15) is 0 Å². The number of nitrogens with one attached hydrogen (secondary N) is 2. The molecule has 1 atom stereocenters. The lowest BCUT2D eigenvalue weighted by Gasteiger charge is -2.40. The second kappa shape index (κ2) is 5.34. The number of piperidine rings is 1. The summed E-state index contributed by atoms with van der Waals surface area (Å²) in [5.41, 5.74) is 3.74. The number of rotatable bonds is 3. The van der Waals surface area contributed by atoms with E-state index >= 15 is 0 Å². The summed E-state index contributed by atoms with van der Waals surface area (Å²) in [6, 6.07) is 6.15. The van der Waals surface area contributed by atoms with E-state index in [1.165, 1.54) is 24.9 Å². The van der Waals surface area contributed by atoms with Crippen molar-refractivity contribution in [2.24, 2.45) is 5.41 Å². The second-order valence-corrected chi connectivity index (χ2v) is 6.63. The molecule has 2 N–H and O–H groups in total. The molecule has 1 saturated heterocycles. The van der Waals surface area contributed by atoms with Gasteiger partial charge in [0.05, 0.1) is 0 Å². The van der Waals surface area contributed by atoms with Crippen molar-refractivity contribution in [2.75, 3.05) is 30.4 Å². The van der Waals surface area contributed by atoms with Crippen molar-refractivity contribution < 1.29 is 4.79 Å². The van der Waals surface area contributed by atoms with Gasteiger partial charge in [0.15, 0.2) is 0 Å². The summed E-state index contributed by atoms with van der Waals surface area (Å²) >= 11 is 0. The van der Waals surface area contributed by atoms with Crippen LogP contribution in [0.5, 0.6) is 0 Å². The Balaban J connectivity index is 1.77. The van der Waals surface area contributed by atoms with Crippen LogP contribution < -0.4 is 15.5 Å². The zero-order valence-electron chi connectivity index (χ0n) is 13.2. The van der Waals surface area contributed by atoms with E-state index < -0.39 is 0 Å². The van der Waals surface area contributed by atoms with Gasteiger partial charge in [-0.1, -0.05) is 26.3 Å². The van der Waals surface area contributed by atoms with E-state index in [2.05, 4.69) is 47.6 Å². The lowest BCUT2D eigenvalue weighted by molar-refractivity contribution is -0.117. The average Bonchev–Trinajstić information content (AvgIpc) is 2.82. The minimum atomic E-state index is -0.209. The van der Waals surface area contributed by atoms with Gasteiger partial charge in [-0.05, 0) is 37.4 Å². The Morgan fingerprint density at radius 2 is 2.10 bits per heavy atom. The van der Waals surface area contributed by atoms with Gasteiger partial charge in [0, 0.05) is 30.0 Å². The van der Waals surface area contributed by atoms with Crippen LogP contribution in [0, 0.1) is 5.41 Å². The molecule has 0 saturated carbocycles. The van der Waals surface area contributed by atoms with E-state index in [0.717, 1.165) is 24.3 Å². The predicted octanol–water partition coefficient (Wildman–Crippen LogP) is 2.92. The molecular formula is C17H25N3O. The smallest absolute Gasteiger partial charge is 0.246 e. The van der Waals surface area contributed by atoms with Gasteiger partial charge in [-0.15, -0.1) is 0 Å². The Hall–Kier alpha value is -1.55. The van der Waals surface area contributed by atoms with Crippen molar-refractivity contribution in [3.05, 3.63) is 23.8 Å². The van der Waals surface area contributed by atoms with Gasteiger partial charge < -0.3 is 15.5 Å². The molecule has 0 bridgehead atoms. The minimum Gasteiger partial charge on any atom is -0.371 e. The molecule has 2 aliphatic heterocycles. The number of fused-ring (bicyclic) bond motifs is 1. The Bertz CT molecular complexity index is 547. The minimum absolute atomic E-state index is 0.0434. The van der Waals surface area contributed by atoms with Crippen molar-refractivity contribution in [1.82, 2.24) is 5.32 Å². The Kier molecular flexibility index (Phi) is 3.66. The number of benzene rings is 1. The van der Waals surface area contributed by atoms with Crippen LogP contribution in [0.15, 0.2) is 18.2 Å². The first-order chi connectivity index (χ1) is 10.1. The lowest BCUT2D eigenvalue weighted by Crippen LogP contribution is -2.38. The van der Waals surface area contributed by atoms with Crippen LogP contribution in [-0.2, 0) is 4.79 Å². The summed E-state index contributed by atoms with van der Waals surface area (Å²) in [6.45, 7) is 6.89. The number of nitrogens with zero attached hydrogens (tertiary/aromatic N) is 1. The van der Waals surface area contributed by atoms with Gasteiger partial charge >= 0.3 is 0 Å². The van der Waals surface area contributed by atoms with Crippen LogP contribution in [0.2, 0.25) is 0 Å². The van der Waals surface area contributed by atoms with Crippen LogP contribution in [-0.4, -0.2) is 26.0 Å². The molecule has 1 aromatic rings. The van der Waals surface area contributed by atoms with Crippen molar-refractivity contribution >= 4 is 17.3 Å². The van der Waals surface area contributed by atoms with Crippen molar-refractivity contribution in [3.8, 4) is 0 Å². The summed E-state index contributed by atoms with van der Waals surface area (Å²) in [7, 11) is 1.82. The summed E-state index contributed by atoms with van der Waals surface area (Å²) in [6.07, 6.45) is 3.74. The lowest BCUT2D eigenvalue weighted by atomic mass is 9.78. The molecule has 1 amide bonds. The Morgan fingerprint density at radius 1 is 1.38 bits per heavy atom. The second-order valence-electron chi connectivity index (χ2n) is 6.63. The van der Waals surface area contributed by atoms with Crippen LogP contribution in [0.3, 0.4) is 0 Å². The maximum absolute atomic E-state index is 11.9. The van der Waals surface area contributed by atoms with Gasteiger partial charge in [-0.3, -0.25) is 4.79 Å². The fourth-order valence-electron chi connectivity index (χ4n) is 3.39. The number of carbonyl (C=O) groups is 1. The maximum atomic E-state index is 11.9. The third kappa shape index (κ3) is 2.53. The molecule has 2 aliphatic rings. The van der Waals surface area contributed by atoms with Crippen LogP contribution in [0.4, 0.5) is 11.4 Å². The highest BCUT2D eigenvalue weighted by molar-refractivity contribution is 6.03. The summed E-state index contributed by atoms with van der Waals surface area (Å²) in [5, 5.41) is 6.04. The number of likely N-dealkylation sites (N-methyl/N-ethyl adjacent to an activating group) is 1. The zero-order valence-corrected chi connectivity index (χ0v) is 13.2. The van der Waals surface area contributed by atoms with Gasteiger partial charge in [0.1, 0.15) is 6.04 Å². The van der Waals surface area contributed by atoms with E-state index in [1.54, 1.807) is 0 Å². The highest BCUT2D eigenvalue weighted by atomic mass is 16.2. The summed E-state index contributed by atoms with van der Waals surface area (Å²) in [5.74, 6) is 0.0434. The van der Waals surface area contributed by atoms with Crippen molar-refractivity contribution in [2.45, 2.75) is 39.2 Å². The summed E-state index contributed by atoms with van der Waals surface area (Å²) in [4.78, 5) is 14.3. The fraction of sp³-hybridized carbons (Fsp3) is 0.588. The first-order valence-corrected chi connectivity index (χ1v) is 7.93. The standard InChI is InChI=1S/C17H25N3O/c1-4-17(2)7-9-20(10-8-17)12-5-6-13-14(11-12)19-16(21)15(13)18-3/h5-6,11,15,18H,4,7-10H2,1-3H3,(H,19,21). The molecule has 3 rings (SSSR count). The van der Waals surface area contributed by atoms with Crippen LogP contribution >= 0.6 is 0 Å². The molecule has 0 aromatic heterocycles. The average molecular weight is 287 g/mol. The molecule has 114 valence electrons. The molecule has 1 unspecified atom stereocenters. The van der Waals surface area contributed by atoms with Crippen molar-refractivity contribution in [1.29, 1.82) is 0 Å². The van der Waals surface area contributed by atoms with Crippen molar-refractivity contribution in [3.63, 3.8) is 0 Å². The summed E-state index contributed by atoms with van der Waals surface area (Å²) < 4.78 is 0. The topological polar surface area (TPSA) is 44.4 Å². The monoisotopic (exact) mass is 287 g/mol. The quantitative estimate of drug-likeness (QED) is 0.898. The largest absolute Gasteiger partial charge is 0.371 e.